The Morgan fingerprint density at radius 2 is 1.87 bits per heavy atom. The summed E-state index contributed by atoms with van der Waals surface area (Å²) in [5.41, 5.74) is -0.406. The van der Waals surface area contributed by atoms with Crippen LogP contribution in [0.3, 0.4) is 0 Å². The SMILES string of the molecule is CCc1nnc(S(N)(=O)=O)n1C(C)(C)C. The molecule has 0 unspecified atom stereocenters. The predicted octanol–water partition coefficient (Wildman–Crippen LogP) is 0.243. The average molecular weight is 232 g/mol. The number of primary sulfonamides is 1. The average Bonchev–Trinajstić information content (AvgIpc) is 2.44. The summed E-state index contributed by atoms with van der Waals surface area (Å²) >= 11 is 0. The van der Waals surface area contributed by atoms with Gasteiger partial charge in [-0.2, -0.15) is 0 Å². The van der Waals surface area contributed by atoms with E-state index in [0.717, 1.165) is 0 Å². The highest BCUT2D eigenvalue weighted by atomic mass is 32.2. The molecule has 1 aromatic rings. The first kappa shape index (κ1) is 12.1. The number of sulfonamides is 1. The van der Waals surface area contributed by atoms with E-state index in [1.807, 2.05) is 27.7 Å². The molecule has 86 valence electrons. The van der Waals surface area contributed by atoms with Crippen LogP contribution in [0.5, 0.6) is 0 Å². The molecule has 0 bridgehead atoms. The van der Waals surface area contributed by atoms with E-state index in [0.29, 0.717) is 12.2 Å². The van der Waals surface area contributed by atoms with Gasteiger partial charge in [0, 0.05) is 12.0 Å². The topological polar surface area (TPSA) is 90.9 Å². The van der Waals surface area contributed by atoms with E-state index < -0.39 is 15.6 Å². The molecule has 2 N–H and O–H groups in total. The molecule has 15 heavy (non-hydrogen) atoms. The largest absolute Gasteiger partial charge is 0.295 e. The fourth-order valence-electron chi connectivity index (χ4n) is 1.39. The zero-order valence-corrected chi connectivity index (χ0v) is 10.2. The van der Waals surface area contributed by atoms with E-state index in [-0.39, 0.29) is 5.16 Å². The minimum absolute atomic E-state index is 0.174. The highest BCUT2D eigenvalue weighted by Crippen LogP contribution is 2.20. The third-order valence-corrected chi connectivity index (χ3v) is 2.72. The first-order valence-corrected chi connectivity index (χ1v) is 6.20. The van der Waals surface area contributed by atoms with Crippen molar-refractivity contribution >= 4 is 10.0 Å². The number of hydrogen-bond acceptors (Lipinski definition) is 4. The predicted molar refractivity (Wildman–Crippen MR) is 55.8 cm³/mol. The summed E-state index contributed by atoms with van der Waals surface area (Å²) in [6.07, 6.45) is 0.611. The van der Waals surface area contributed by atoms with Gasteiger partial charge >= 0.3 is 0 Å². The van der Waals surface area contributed by atoms with Crippen LogP contribution in [0.15, 0.2) is 5.16 Å². The van der Waals surface area contributed by atoms with E-state index in [1.54, 1.807) is 4.57 Å². The van der Waals surface area contributed by atoms with Crippen LogP contribution in [0, 0.1) is 0 Å². The minimum atomic E-state index is -3.82. The van der Waals surface area contributed by atoms with E-state index in [4.69, 9.17) is 5.14 Å². The van der Waals surface area contributed by atoms with Gasteiger partial charge in [0.1, 0.15) is 5.82 Å². The van der Waals surface area contributed by atoms with Crippen molar-refractivity contribution in [3.63, 3.8) is 0 Å². The van der Waals surface area contributed by atoms with E-state index in [2.05, 4.69) is 10.2 Å². The molecule has 0 aliphatic rings. The van der Waals surface area contributed by atoms with Crippen molar-refractivity contribution in [1.29, 1.82) is 0 Å². The number of nitrogens with zero attached hydrogens (tertiary/aromatic N) is 3. The van der Waals surface area contributed by atoms with Gasteiger partial charge in [-0.15, -0.1) is 10.2 Å². The third kappa shape index (κ3) is 2.35. The fourth-order valence-corrected chi connectivity index (χ4v) is 2.18. The Balaban J connectivity index is 3.51. The molecule has 1 aromatic heterocycles. The molecule has 0 saturated heterocycles. The van der Waals surface area contributed by atoms with Gasteiger partial charge < -0.3 is 0 Å². The normalized spacial score (nSPS) is 13.1. The van der Waals surface area contributed by atoms with Crippen LogP contribution in [0.25, 0.3) is 0 Å². The Kier molecular flexibility index (Phi) is 2.88. The lowest BCUT2D eigenvalue weighted by Crippen LogP contribution is -2.30. The molecule has 6 nitrogen and oxygen atoms in total. The van der Waals surface area contributed by atoms with Crippen molar-refractivity contribution < 1.29 is 8.42 Å². The zero-order chi connectivity index (χ0) is 11.9. The van der Waals surface area contributed by atoms with Crippen LogP contribution in [-0.2, 0) is 22.0 Å². The second-order valence-corrected chi connectivity index (χ2v) is 5.76. The maximum Gasteiger partial charge on any atom is 0.273 e. The van der Waals surface area contributed by atoms with Gasteiger partial charge in [0.25, 0.3) is 15.2 Å². The van der Waals surface area contributed by atoms with Crippen molar-refractivity contribution in [2.75, 3.05) is 0 Å². The second-order valence-electron chi connectivity index (χ2n) is 4.30. The van der Waals surface area contributed by atoms with Crippen molar-refractivity contribution in [2.24, 2.45) is 5.14 Å². The molecule has 0 saturated carbocycles. The molecule has 0 aromatic carbocycles. The molecular formula is C8H16N4O2S. The molecule has 0 fully saturated rings. The third-order valence-electron chi connectivity index (χ3n) is 1.94. The number of nitrogens with two attached hydrogens (primary N) is 1. The zero-order valence-electron chi connectivity index (χ0n) is 9.35. The van der Waals surface area contributed by atoms with E-state index in [9.17, 15) is 8.42 Å². The van der Waals surface area contributed by atoms with Crippen molar-refractivity contribution in [3.05, 3.63) is 5.82 Å². The van der Waals surface area contributed by atoms with Crippen LogP contribution in [0.4, 0.5) is 0 Å². The summed E-state index contributed by atoms with van der Waals surface area (Å²) < 4.78 is 24.1. The molecule has 0 spiro atoms. The van der Waals surface area contributed by atoms with Crippen LogP contribution in [-0.4, -0.2) is 23.2 Å². The lowest BCUT2D eigenvalue weighted by atomic mass is 10.1. The van der Waals surface area contributed by atoms with Gasteiger partial charge in [0.05, 0.1) is 0 Å². The molecule has 0 aliphatic heterocycles. The maximum absolute atomic E-state index is 11.3. The van der Waals surface area contributed by atoms with Crippen LogP contribution >= 0.6 is 0 Å². The maximum atomic E-state index is 11.3. The number of rotatable bonds is 2. The molecule has 0 aliphatic carbocycles. The highest BCUT2D eigenvalue weighted by Gasteiger charge is 2.27. The first-order valence-electron chi connectivity index (χ1n) is 4.65. The molecule has 1 rings (SSSR count). The Bertz CT molecular complexity index is 455. The molecule has 0 atom stereocenters. The quantitative estimate of drug-likeness (QED) is 0.791. The van der Waals surface area contributed by atoms with Gasteiger partial charge in [0.2, 0.25) is 0 Å². The summed E-state index contributed by atoms with van der Waals surface area (Å²) in [6, 6.07) is 0. The van der Waals surface area contributed by atoms with Crippen molar-refractivity contribution in [3.8, 4) is 0 Å². The Morgan fingerprint density at radius 1 is 1.33 bits per heavy atom. The van der Waals surface area contributed by atoms with Crippen LogP contribution in [0.2, 0.25) is 0 Å². The number of aromatic nitrogens is 3. The number of hydrogen-bond donors (Lipinski definition) is 1. The standard InChI is InChI=1S/C8H16N4O2S/c1-5-6-10-11-7(15(9,13)14)12(6)8(2,3)4/h5H2,1-4H3,(H2,9,13,14). The van der Waals surface area contributed by atoms with Crippen LogP contribution in [0.1, 0.15) is 33.5 Å². The summed E-state index contributed by atoms with van der Waals surface area (Å²) in [5.74, 6) is 0.617. The molecule has 7 heteroatoms. The molecular weight excluding hydrogens is 216 g/mol. The summed E-state index contributed by atoms with van der Waals surface area (Å²) in [4.78, 5) is 0. The molecule has 1 heterocycles. The Labute approximate surface area is 89.5 Å². The van der Waals surface area contributed by atoms with E-state index >= 15 is 0 Å². The second kappa shape index (κ2) is 3.57. The van der Waals surface area contributed by atoms with E-state index in [1.165, 1.54) is 0 Å². The van der Waals surface area contributed by atoms with Crippen molar-refractivity contribution in [2.45, 2.75) is 44.8 Å². The van der Waals surface area contributed by atoms with Crippen LogP contribution < -0.4 is 5.14 Å². The number of aryl methyl sites for hydroxylation is 1. The summed E-state index contributed by atoms with van der Waals surface area (Å²) in [6.45, 7) is 7.53. The van der Waals surface area contributed by atoms with Gasteiger partial charge in [-0.05, 0) is 20.8 Å². The van der Waals surface area contributed by atoms with Gasteiger partial charge in [-0.3, -0.25) is 4.57 Å². The lowest BCUT2D eigenvalue weighted by molar-refractivity contribution is 0.350. The monoisotopic (exact) mass is 232 g/mol. The smallest absolute Gasteiger partial charge is 0.273 e. The first-order chi connectivity index (χ1) is 6.68. The Morgan fingerprint density at radius 3 is 2.20 bits per heavy atom. The molecule has 0 radical (unpaired) electrons. The highest BCUT2D eigenvalue weighted by molar-refractivity contribution is 7.89. The van der Waals surface area contributed by atoms with Gasteiger partial charge in [0.15, 0.2) is 0 Å². The lowest BCUT2D eigenvalue weighted by Gasteiger charge is -2.23. The summed E-state index contributed by atoms with van der Waals surface area (Å²) in [7, 11) is -3.82. The van der Waals surface area contributed by atoms with Crippen molar-refractivity contribution in [1.82, 2.24) is 14.8 Å². The fraction of sp³-hybridized carbons (Fsp3) is 0.750. The molecule has 0 amide bonds. The van der Waals surface area contributed by atoms with Gasteiger partial charge in [-0.1, -0.05) is 6.92 Å². The Hall–Kier alpha value is -0.950. The minimum Gasteiger partial charge on any atom is -0.295 e. The van der Waals surface area contributed by atoms with Gasteiger partial charge in [-0.25, -0.2) is 13.6 Å². The summed E-state index contributed by atoms with van der Waals surface area (Å²) in [5, 5.41) is 12.3.